The van der Waals surface area contributed by atoms with Gasteiger partial charge in [0.15, 0.2) is 0 Å². The number of hydrogen-bond acceptors (Lipinski definition) is 2. The van der Waals surface area contributed by atoms with Gasteiger partial charge in [-0.25, -0.2) is 0 Å². The fourth-order valence-electron chi connectivity index (χ4n) is 1.66. The van der Waals surface area contributed by atoms with E-state index in [0.29, 0.717) is 13.4 Å². The lowest BCUT2D eigenvalue weighted by molar-refractivity contribution is -0.0290. The van der Waals surface area contributed by atoms with Crippen LogP contribution in [0.3, 0.4) is 0 Å². The van der Waals surface area contributed by atoms with E-state index in [2.05, 4.69) is 23.2 Å². The van der Waals surface area contributed by atoms with E-state index in [9.17, 15) is 0 Å². The molecule has 0 saturated carbocycles. The molecule has 3 heteroatoms. The maximum atomic E-state index is 5.27. The molecule has 2 aromatic rings. The van der Waals surface area contributed by atoms with Crippen LogP contribution in [0.1, 0.15) is 5.56 Å². The van der Waals surface area contributed by atoms with Gasteiger partial charge in [-0.05, 0) is 18.1 Å². The fraction of sp³-hybridized carbons (Fsp3) is 0.333. The summed E-state index contributed by atoms with van der Waals surface area (Å²) in [6.07, 6.45) is 2.95. The van der Waals surface area contributed by atoms with Gasteiger partial charge in [0.1, 0.15) is 6.79 Å². The average Bonchev–Trinajstić information content (AvgIpc) is 2.68. The van der Waals surface area contributed by atoms with Gasteiger partial charge in [0.25, 0.3) is 0 Å². The van der Waals surface area contributed by atoms with Gasteiger partial charge in [-0.1, -0.05) is 18.2 Å². The molecule has 0 amide bonds. The van der Waals surface area contributed by atoms with Crippen molar-refractivity contribution in [2.24, 2.45) is 0 Å². The molecular formula is C12H15NO2. The lowest BCUT2D eigenvalue weighted by atomic mass is 10.1. The molecule has 80 valence electrons. The molecule has 1 aromatic heterocycles. The molecule has 0 bridgehead atoms. The van der Waals surface area contributed by atoms with E-state index in [1.165, 1.54) is 16.5 Å². The van der Waals surface area contributed by atoms with Crippen LogP contribution in [0.15, 0.2) is 30.5 Å². The third kappa shape index (κ3) is 2.37. The third-order valence-electron chi connectivity index (χ3n) is 2.39. The second-order valence-corrected chi connectivity index (χ2v) is 3.42. The summed E-state index contributed by atoms with van der Waals surface area (Å²) in [5.41, 5.74) is 2.47. The monoisotopic (exact) mass is 205 g/mol. The second-order valence-electron chi connectivity index (χ2n) is 3.42. The lowest BCUT2D eigenvalue weighted by Gasteiger charge is -2.01. The van der Waals surface area contributed by atoms with Gasteiger partial charge in [0.2, 0.25) is 0 Å². The van der Waals surface area contributed by atoms with Crippen LogP contribution in [0.5, 0.6) is 0 Å². The number of hydrogen-bond donors (Lipinski definition) is 1. The molecule has 15 heavy (non-hydrogen) atoms. The first-order valence-corrected chi connectivity index (χ1v) is 5.03. The molecule has 0 saturated heterocycles. The highest BCUT2D eigenvalue weighted by Gasteiger charge is 2.01. The summed E-state index contributed by atoms with van der Waals surface area (Å²) in [7, 11) is 1.63. The summed E-state index contributed by atoms with van der Waals surface area (Å²) in [5.74, 6) is 0. The second kappa shape index (κ2) is 4.96. The molecule has 0 fully saturated rings. The molecule has 0 aliphatic heterocycles. The van der Waals surface area contributed by atoms with E-state index >= 15 is 0 Å². The molecule has 2 rings (SSSR count). The highest BCUT2D eigenvalue weighted by molar-refractivity contribution is 5.82. The quantitative estimate of drug-likeness (QED) is 0.600. The van der Waals surface area contributed by atoms with Crippen LogP contribution in [0.25, 0.3) is 10.9 Å². The number of ether oxygens (including phenoxy) is 2. The van der Waals surface area contributed by atoms with Crippen molar-refractivity contribution in [3.05, 3.63) is 36.0 Å². The number of nitrogens with one attached hydrogen (secondary N) is 1. The number of benzene rings is 1. The molecule has 1 N–H and O–H groups in total. The first-order valence-electron chi connectivity index (χ1n) is 5.03. The molecule has 0 atom stereocenters. The van der Waals surface area contributed by atoms with Gasteiger partial charge in [-0.15, -0.1) is 0 Å². The molecule has 0 aliphatic carbocycles. The van der Waals surface area contributed by atoms with Gasteiger partial charge < -0.3 is 14.5 Å². The third-order valence-corrected chi connectivity index (χ3v) is 2.39. The smallest absolute Gasteiger partial charge is 0.146 e. The Balaban J connectivity index is 2.02. The van der Waals surface area contributed by atoms with Crippen molar-refractivity contribution in [3.63, 3.8) is 0 Å². The standard InChI is InChI=1S/C12H15NO2/c1-14-9-15-7-6-10-8-13-12-5-3-2-4-11(10)12/h2-5,8,13H,6-7,9H2,1H3. The van der Waals surface area contributed by atoms with Gasteiger partial charge in [0, 0.05) is 24.2 Å². The Morgan fingerprint density at radius 3 is 3.00 bits per heavy atom. The average molecular weight is 205 g/mol. The highest BCUT2D eigenvalue weighted by Crippen LogP contribution is 2.17. The summed E-state index contributed by atoms with van der Waals surface area (Å²) >= 11 is 0. The number of H-pyrrole nitrogens is 1. The maximum Gasteiger partial charge on any atom is 0.146 e. The van der Waals surface area contributed by atoms with Crippen LogP contribution in [0.2, 0.25) is 0 Å². The van der Waals surface area contributed by atoms with E-state index < -0.39 is 0 Å². The van der Waals surface area contributed by atoms with Crippen LogP contribution in [-0.4, -0.2) is 25.5 Å². The van der Waals surface area contributed by atoms with Crippen molar-refractivity contribution in [3.8, 4) is 0 Å². The Morgan fingerprint density at radius 2 is 2.13 bits per heavy atom. The van der Waals surface area contributed by atoms with E-state index in [-0.39, 0.29) is 0 Å². The summed E-state index contributed by atoms with van der Waals surface area (Å²) in [6.45, 7) is 1.05. The number of aromatic amines is 1. The minimum atomic E-state index is 0.363. The largest absolute Gasteiger partial charge is 0.361 e. The van der Waals surface area contributed by atoms with Crippen molar-refractivity contribution >= 4 is 10.9 Å². The highest BCUT2D eigenvalue weighted by atomic mass is 16.7. The van der Waals surface area contributed by atoms with Crippen LogP contribution in [0, 0.1) is 0 Å². The predicted molar refractivity (Wildman–Crippen MR) is 59.8 cm³/mol. The molecule has 0 radical (unpaired) electrons. The lowest BCUT2D eigenvalue weighted by Crippen LogP contribution is -2.00. The first kappa shape index (κ1) is 10.2. The van der Waals surface area contributed by atoms with Gasteiger partial charge in [0.05, 0.1) is 6.61 Å². The minimum absolute atomic E-state index is 0.363. The number of rotatable bonds is 5. The Kier molecular flexibility index (Phi) is 3.37. The Labute approximate surface area is 89.0 Å². The van der Waals surface area contributed by atoms with E-state index in [1.807, 2.05) is 12.3 Å². The molecular weight excluding hydrogens is 190 g/mol. The summed E-state index contributed by atoms with van der Waals surface area (Å²) in [6, 6.07) is 8.28. The zero-order chi connectivity index (χ0) is 10.5. The Morgan fingerprint density at radius 1 is 1.27 bits per heavy atom. The van der Waals surface area contributed by atoms with E-state index in [1.54, 1.807) is 7.11 Å². The zero-order valence-corrected chi connectivity index (χ0v) is 8.82. The van der Waals surface area contributed by atoms with Crippen LogP contribution in [0.4, 0.5) is 0 Å². The van der Waals surface area contributed by atoms with Crippen LogP contribution >= 0.6 is 0 Å². The molecule has 1 heterocycles. The SMILES string of the molecule is COCOCCc1c[nH]c2ccccc12. The Bertz CT molecular complexity index is 422. The maximum absolute atomic E-state index is 5.27. The molecule has 0 aliphatic rings. The first-order chi connectivity index (χ1) is 7.42. The van der Waals surface area contributed by atoms with Crippen molar-refractivity contribution in [1.29, 1.82) is 0 Å². The predicted octanol–water partition coefficient (Wildman–Crippen LogP) is 2.33. The zero-order valence-electron chi connectivity index (χ0n) is 8.82. The number of methoxy groups -OCH3 is 1. The summed E-state index contributed by atoms with van der Waals surface area (Å²) in [5, 5.41) is 1.28. The normalized spacial score (nSPS) is 11.0. The fourth-order valence-corrected chi connectivity index (χ4v) is 1.66. The van der Waals surface area contributed by atoms with Crippen molar-refractivity contribution < 1.29 is 9.47 Å². The molecule has 0 unspecified atom stereocenters. The molecule has 1 aromatic carbocycles. The van der Waals surface area contributed by atoms with E-state index in [0.717, 1.165) is 6.42 Å². The van der Waals surface area contributed by atoms with Crippen LogP contribution in [-0.2, 0) is 15.9 Å². The van der Waals surface area contributed by atoms with Crippen molar-refractivity contribution in [2.75, 3.05) is 20.5 Å². The van der Waals surface area contributed by atoms with Crippen molar-refractivity contribution in [2.45, 2.75) is 6.42 Å². The summed E-state index contributed by atoms with van der Waals surface area (Å²) in [4.78, 5) is 3.24. The Hall–Kier alpha value is -1.32. The van der Waals surface area contributed by atoms with Crippen molar-refractivity contribution in [1.82, 2.24) is 4.98 Å². The number of para-hydroxylation sites is 1. The minimum Gasteiger partial charge on any atom is -0.361 e. The van der Waals surface area contributed by atoms with Gasteiger partial charge >= 0.3 is 0 Å². The number of fused-ring (bicyclic) bond motifs is 1. The molecule has 3 nitrogen and oxygen atoms in total. The topological polar surface area (TPSA) is 34.2 Å². The van der Waals surface area contributed by atoms with Crippen LogP contribution < -0.4 is 0 Å². The van der Waals surface area contributed by atoms with E-state index in [4.69, 9.17) is 9.47 Å². The van der Waals surface area contributed by atoms with Gasteiger partial charge in [-0.3, -0.25) is 0 Å². The number of aromatic nitrogens is 1. The van der Waals surface area contributed by atoms with Gasteiger partial charge in [-0.2, -0.15) is 0 Å². The molecule has 0 spiro atoms. The summed E-state index contributed by atoms with van der Waals surface area (Å²) < 4.78 is 10.1.